The highest BCUT2D eigenvalue weighted by Crippen LogP contribution is 2.25. The first-order chi connectivity index (χ1) is 8.33. The molecule has 90 valence electrons. The molecule has 2 heterocycles. The molecule has 0 bridgehead atoms. The second kappa shape index (κ2) is 4.75. The zero-order valence-corrected chi connectivity index (χ0v) is 11.0. The molecule has 2 aromatic rings. The Hall–Kier alpha value is -0.930. The van der Waals surface area contributed by atoms with E-state index >= 15 is 0 Å². The molecule has 1 saturated heterocycles. The van der Waals surface area contributed by atoms with Crippen molar-refractivity contribution in [3.63, 3.8) is 0 Å². The first-order valence-corrected chi connectivity index (χ1v) is 7.24. The van der Waals surface area contributed by atoms with Gasteiger partial charge in [-0.1, -0.05) is 19.1 Å². The first-order valence-electron chi connectivity index (χ1n) is 6.36. The van der Waals surface area contributed by atoms with Crippen LogP contribution in [0.15, 0.2) is 23.7 Å². The third kappa shape index (κ3) is 2.35. The summed E-state index contributed by atoms with van der Waals surface area (Å²) in [5.41, 5.74) is 4.55. The molecule has 0 amide bonds. The van der Waals surface area contributed by atoms with E-state index in [4.69, 9.17) is 0 Å². The van der Waals surface area contributed by atoms with Crippen molar-refractivity contribution >= 4 is 21.6 Å². The Morgan fingerprint density at radius 1 is 1.35 bits per heavy atom. The normalized spacial score (nSPS) is 18.9. The van der Waals surface area contributed by atoms with Crippen molar-refractivity contribution < 1.29 is 0 Å². The Labute approximate surface area is 106 Å². The molecule has 1 aliphatic rings. The van der Waals surface area contributed by atoms with E-state index in [1.165, 1.54) is 36.2 Å². The fourth-order valence-electron chi connectivity index (χ4n) is 2.53. The molecule has 0 spiro atoms. The van der Waals surface area contributed by atoms with E-state index in [0.29, 0.717) is 0 Å². The third-order valence-corrected chi connectivity index (χ3v) is 4.63. The summed E-state index contributed by atoms with van der Waals surface area (Å²) in [6.07, 6.45) is 2.69. The van der Waals surface area contributed by atoms with Crippen molar-refractivity contribution in [1.82, 2.24) is 9.88 Å². The van der Waals surface area contributed by atoms with Gasteiger partial charge in [0.25, 0.3) is 0 Å². The van der Waals surface area contributed by atoms with Gasteiger partial charge in [0.15, 0.2) is 0 Å². The number of hydrogen-bond donors (Lipinski definition) is 0. The summed E-state index contributed by atoms with van der Waals surface area (Å²) in [5, 5.41) is 0. The average Bonchev–Trinajstić information content (AvgIpc) is 2.81. The number of fused-ring (bicyclic) bond motifs is 1. The van der Waals surface area contributed by atoms with Gasteiger partial charge in [-0.3, -0.25) is 4.90 Å². The van der Waals surface area contributed by atoms with Crippen molar-refractivity contribution in [2.45, 2.75) is 26.3 Å². The smallest absolute Gasteiger partial charge is 0.0815 e. The Bertz CT molecular complexity index is 498. The van der Waals surface area contributed by atoms with Crippen molar-refractivity contribution in [1.29, 1.82) is 0 Å². The number of piperidine rings is 1. The lowest BCUT2D eigenvalue weighted by molar-refractivity contribution is 0.186. The SMILES string of the molecule is CC1CCN(Cc2cccc3ncsc23)CC1. The van der Waals surface area contributed by atoms with E-state index in [1.54, 1.807) is 11.3 Å². The number of benzene rings is 1. The number of aromatic nitrogens is 1. The van der Waals surface area contributed by atoms with E-state index in [9.17, 15) is 0 Å². The second-order valence-corrected chi connectivity index (χ2v) is 5.93. The summed E-state index contributed by atoms with van der Waals surface area (Å²) < 4.78 is 1.37. The van der Waals surface area contributed by atoms with Gasteiger partial charge < -0.3 is 0 Å². The monoisotopic (exact) mass is 246 g/mol. The highest BCUT2D eigenvalue weighted by Gasteiger charge is 2.16. The topological polar surface area (TPSA) is 16.1 Å². The molecular weight excluding hydrogens is 228 g/mol. The standard InChI is InChI=1S/C14H18N2S/c1-11-5-7-16(8-6-11)9-12-3-2-4-13-14(12)17-10-15-13/h2-4,10-11H,5-9H2,1H3. The molecule has 3 heteroatoms. The van der Waals surface area contributed by atoms with Crippen LogP contribution in [0, 0.1) is 5.92 Å². The molecule has 3 rings (SSSR count). The van der Waals surface area contributed by atoms with Crippen molar-refractivity contribution in [2.24, 2.45) is 5.92 Å². The van der Waals surface area contributed by atoms with E-state index in [2.05, 4.69) is 35.0 Å². The van der Waals surface area contributed by atoms with Gasteiger partial charge in [0, 0.05) is 6.54 Å². The molecule has 1 aromatic heterocycles. The van der Waals surface area contributed by atoms with Crippen LogP contribution in [-0.4, -0.2) is 23.0 Å². The Balaban J connectivity index is 1.78. The number of nitrogens with zero attached hydrogens (tertiary/aromatic N) is 2. The molecule has 1 aliphatic heterocycles. The molecule has 0 atom stereocenters. The van der Waals surface area contributed by atoms with E-state index < -0.39 is 0 Å². The third-order valence-electron chi connectivity index (χ3n) is 3.71. The molecule has 0 radical (unpaired) electrons. The van der Waals surface area contributed by atoms with Crippen molar-refractivity contribution in [3.05, 3.63) is 29.3 Å². The lowest BCUT2D eigenvalue weighted by atomic mass is 9.99. The predicted molar refractivity (Wildman–Crippen MR) is 73.3 cm³/mol. The summed E-state index contributed by atoms with van der Waals surface area (Å²) in [4.78, 5) is 6.96. The number of rotatable bonds is 2. The summed E-state index contributed by atoms with van der Waals surface area (Å²) in [6.45, 7) is 5.94. The zero-order valence-electron chi connectivity index (χ0n) is 10.2. The minimum absolute atomic E-state index is 0.908. The number of likely N-dealkylation sites (tertiary alicyclic amines) is 1. The zero-order chi connectivity index (χ0) is 11.7. The molecular formula is C14H18N2S. The van der Waals surface area contributed by atoms with E-state index in [-0.39, 0.29) is 0 Å². The molecule has 0 N–H and O–H groups in total. The van der Waals surface area contributed by atoms with Crippen LogP contribution in [0.25, 0.3) is 10.2 Å². The van der Waals surface area contributed by atoms with Crippen LogP contribution < -0.4 is 0 Å². The van der Waals surface area contributed by atoms with Crippen LogP contribution in [0.3, 0.4) is 0 Å². The first kappa shape index (κ1) is 11.2. The molecule has 1 aromatic carbocycles. The Kier molecular flexibility index (Phi) is 3.12. The largest absolute Gasteiger partial charge is 0.299 e. The molecule has 0 saturated carbocycles. The van der Waals surface area contributed by atoms with Crippen LogP contribution in [0.4, 0.5) is 0 Å². The van der Waals surface area contributed by atoms with Gasteiger partial charge >= 0.3 is 0 Å². The summed E-state index contributed by atoms with van der Waals surface area (Å²) in [7, 11) is 0. The maximum Gasteiger partial charge on any atom is 0.0815 e. The lowest BCUT2D eigenvalue weighted by Gasteiger charge is -2.30. The lowest BCUT2D eigenvalue weighted by Crippen LogP contribution is -2.32. The van der Waals surface area contributed by atoms with Crippen molar-refractivity contribution in [2.75, 3.05) is 13.1 Å². The average molecular weight is 246 g/mol. The van der Waals surface area contributed by atoms with Gasteiger partial charge in [-0.25, -0.2) is 4.98 Å². The summed E-state index contributed by atoms with van der Waals surface area (Å²) in [6, 6.07) is 6.48. The number of hydrogen-bond acceptors (Lipinski definition) is 3. The van der Waals surface area contributed by atoms with Gasteiger partial charge in [-0.2, -0.15) is 0 Å². The molecule has 2 nitrogen and oxygen atoms in total. The van der Waals surface area contributed by atoms with Gasteiger partial charge in [-0.05, 0) is 43.5 Å². The molecule has 17 heavy (non-hydrogen) atoms. The second-order valence-electron chi connectivity index (χ2n) is 5.08. The minimum Gasteiger partial charge on any atom is -0.299 e. The van der Waals surface area contributed by atoms with Gasteiger partial charge in [-0.15, -0.1) is 11.3 Å². The molecule has 1 fully saturated rings. The van der Waals surface area contributed by atoms with Crippen LogP contribution in [0.1, 0.15) is 25.3 Å². The Morgan fingerprint density at radius 2 is 2.18 bits per heavy atom. The minimum atomic E-state index is 0.908. The van der Waals surface area contributed by atoms with Crippen LogP contribution in [0.5, 0.6) is 0 Å². The van der Waals surface area contributed by atoms with Crippen LogP contribution in [-0.2, 0) is 6.54 Å². The summed E-state index contributed by atoms with van der Waals surface area (Å²) >= 11 is 1.77. The fraction of sp³-hybridized carbons (Fsp3) is 0.500. The fourth-order valence-corrected chi connectivity index (χ4v) is 3.33. The van der Waals surface area contributed by atoms with Gasteiger partial charge in [0.1, 0.15) is 0 Å². The maximum atomic E-state index is 4.38. The van der Waals surface area contributed by atoms with Crippen molar-refractivity contribution in [3.8, 4) is 0 Å². The van der Waals surface area contributed by atoms with Crippen LogP contribution >= 0.6 is 11.3 Å². The summed E-state index contributed by atoms with van der Waals surface area (Å²) in [5.74, 6) is 0.908. The maximum absolute atomic E-state index is 4.38. The quantitative estimate of drug-likeness (QED) is 0.806. The van der Waals surface area contributed by atoms with Crippen LogP contribution in [0.2, 0.25) is 0 Å². The number of thiazole rings is 1. The Morgan fingerprint density at radius 3 is 3.00 bits per heavy atom. The van der Waals surface area contributed by atoms with Gasteiger partial charge in [0.05, 0.1) is 15.7 Å². The highest BCUT2D eigenvalue weighted by atomic mass is 32.1. The van der Waals surface area contributed by atoms with E-state index in [0.717, 1.165) is 18.0 Å². The predicted octanol–water partition coefficient (Wildman–Crippen LogP) is 3.53. The highest BCUT2D eigenvalue weighted by molar-refractivity contribution is 7.16. The molecule has 0 aliphatic carbocycles. The molecule has 0 unspecified atom stereocenters. The van der Waals surface area contributed by atoms with E-state index in [1.807, 2.05) is 5.51 Å². The van der Waals surface area contributed by atoms with Gasteiger partial charge in [0.2, 0.25) is 0 Å².